The number of benzene rings is 3. The predicted octanol–water partition coefficient (Wildman–Crippen LogP) is 5.73. The molecule has 0 fully saturated rings. The molecule has 0 aliphatic carbocycles. The molecule has 0 spiro atoms. The molecule has 0 aliphatic heterocycles. The Bertz CT molecular complexity index is 1200. The van der Waals surface area contributed by atoms with Gasteiger partial charge in [-0.25, -0.2) is 4.98 Å². The van der Waals surface area contributed by atoms with Gasteiger partial charge in [0.25, 0.3) is 0 Å². The Morgan fingerprint density at radius 2 is 1.86 bits per heavy atom. The molecule has 8 heteroatoms. The van der Waals surface area contributed by atoms with E-state index in [1.807, 2.05) is 42.5 Å². The van der Waals surface area contributed by atoms with Gasteiger partial charge in [-0.15, -0.1) is 10.2 Å². The van der Waals surface area contributed by atoms with Gasteiger partial charge in [0.05, 0.1) is 16.5 Å². The van der Waals surface area contributed by atoms with Gasteiger partial charge in [-0.1, -0.05) is 77.4 Å². The minimum atomic E-state index is -0.214. The van der Waals surface area contributed by atoms with Crippen LogP contribution in [0.3, 0.4) is 0 Å². The second-order valence-electron chi connectivity index (χ2n) is 6.10. The first-order valence-corrected chi connectivity index (χ1v) is 10.4. The zero-order chi connectivity index (χ0) is 20.2. The number of hydrogen-bond acceptors (Lipinski definition) is 5. The summed E-state index contributed by atoms with van der Waals surface area (Å²) < 4.78 is 0. The Hall–Kier alpha value is -2.67. The summed E-state index contributed by atoms with van der Waals surface area (Å²) in [5.41, 5.74) is 2.15. The molecule has 0 aliphatic rings. The third kappa shape index (κ3) is 4.50. The average molecular weight is 441 g/mol. The zero-order valence-electron chi connectivity index (χ0n) is 15.0. The van der Waals surface area contributed by atoms with Gasteiger partial charge >= 0.3 is 0 Å². The van der Waals surface area contributed by atoms with E-state index in [4.69, 9.17) is 23.2 Å². The monoisotopic (exact) mass is 440 g/mol. The van der Waals surface area contributed by atoms with Gasteiger partial charge in [0.1, 0.15) is 17.0 Å². The summed E-state index contributed by atoms with van der Waals surface area (Å²) in [6.07, 6.45) is 1.41. The third-order valence-electron chi connectivity index (χ3n) is 4.18. The Morgan fingerprint density at radius 1 is 1.03 bits per heavy atom. The van der Waals surface area contributed by atoms with E-state index in [1.165, 1.54) is 18.1 Å². The maximum absolute atomic E-state index is 12.4. The van der Waals surface area contributed by atoms with Crippen LogP contribution in [0, 0.1) is 0 Å². The molecule has 1 aromatic heterocycles. The van der Waals surface area contributed by atoms with E-state index in [-0.39, 0.29) is 11.7 Å². The molecule has 144 valence electrons. The van der Waals surface area contributed by atoms with E-state index in [0.717, 1.165) is 16.3 Å². The largest absolute Gasteiger partial charge is 0.324 e. The van der Waals surface area contributed by atoms with Crippen LogP contribution >= 0.6 is 35.0 Å². The van der Waals surface area contributed by atoms with Crippen LogP contribution in [0.4, 0.5) is 5.69 Å². The van der Waals surface area contributed by atoms with E-state index in [2.05, 4.69) is 20.5 Å². The highest BCUT2D eigenvalue weighted by molar-refractivity contribution is 8.00. The number of thioether (sulfide) groups is 1. The van der Waals surface area contributed by atoms with Crippen LogP contribution in [-0.2, 0) is 4.79 Å². The van der Waals surface area contributed by atoms with Crippen molar-refractivity contribution in [1.82, 2.24) is 15.2 Å². The summed E-state index contributed by atoms with van der Waals surface area (Å²) >= 11 is 13.3. The van der Waals surface area contributed by atoms with Gasteiger partial charge in [0.2, 0.25) is 5.91 Å². The van der Waals surface area contributed by atoms with Crippen molar-refractivity contribution >= 4 is 57.3 Å². The van der Waals surface area contributed by atoms with Gasteiger partial charge in [-0.05, 0) is 29.0 Å². The lowest BCUT2D eigenvalue weighted by Gasteiger charge is -2.10. The minimum absolute atomic E-state index is 0.136. The van der Waals surface area contributed by atoms with E-state index in [1.54, 1.807) is 18.2 Å². The maximum Gasteiger partial charge on any atom is 0.234 e. The van der Waals surface area contributed by atoms with Crippen molar-refractivity contribution in [2.75, 3.05) is 11.1 Å². The van der Waals surface area contributed by atoms with Gasteiger partial charge < -0.3 is 5.32 Å². The Kier molecular flexibility index (Phi) is 5.94. The molecule has 1 N–H and O–H groups in total. The van der Waals surface area contributed by atoms with E-state index < -0.39 is 0 Å². The van der Waals surface area contributed by atoms with Crippen LogP contribution in [0.1, 0.15) is 0 Å². The van der Waals surface area contributed by atoms with Crippen LogP contribution in [0.15, 0.2) is 72.0 Å². The molecule has 0 saturated heterocycles. The fourth-order valence-electron chi connectivity index (χ4n) is 2.89. The molecule has 29 heavy (non-hydrogen) atoms. The molecular weight excluding hydrogens is 427 g/mol. The fourth-order valence-corrected chi connectivity index (χ4v) is 4.09. The summed E-state index contributed by atoms with van der Waals surface area (Å²) in [6, 6.07) is 19.0. The van der Waals surface area contributed by atoms with Crippen LogP contribution in [0.5, 0.6) is 0 Å². The Morgan fingerprint density at radius 3 is 2.72 bits per heavy atom. The second kappa shape index (κ2) is 8.78. The number of carbonyl (C=O) groups is 1. The van der Waals surface area contributed by atoms with E-state index in [9.17, 15) is 4.79 Å². The van der Waals surface area contributed by atoms with Crippen molar-refractivity contribution in [3.8, 4) is 11.3 Å². The zero-order valence-corrected chi connectivity index (χ0v) is 17.3. The molecule has 0 saturated carbocycles. The quantitative estimate of drug-likeness (QED) is 0.401. The van der Waals surface area contributed by atoms with Crippen LogP contribution in [-0.4, -0.2) is 26.8 Å². The smallest absolute Gasteiger partial charge is 0.234 e. The summed E-state index contributed by atoms with van der Waals surface area (Å²) in [5.74, 6) is -0.0781. The molecule has 4 aromatic rings. The van der Waals surface area contributed by atoms with Crippen LogP contribution in [0.2, 0.25) is 10.0 Å². The lowest BCUT2D eigenvalue weighted by molar-refractivity contribution is -0.113. The maximum atomic E-state index is 12.4. The van der Waals surface area contributed by atoms with Crippen LogP contribution < -0.4 is 5.32 Å². The molecule has 0 radical (unpaired) electrons. The highest BCUT2D eigenvalue weighted by Crippen LogP contribution is 2.32. The predicted molar refractivity (Wildman–Crippen MR) is 119 cm³/mol. The Labute approximate surface area is 181 Å². The number of carbonyl (C=O) groups excluding carboxylic acids is 1. The van der Waals surface area contributed by atoms with Crippen molar-refractivity contribution in [2.45, 2.75) is 5.03 Å². The van der Waals surface area contributed by atoms with Crippen molar-refractivity contribution in [3.05, 3.63) is 77.0 Å². The SMILES string of the molecule is O=C(CSc1nncnc1-c1cccc2ccccc12)Nc1ccc(Cl)cc1Cl. The highest BCUT2D eigenvalue weighted by Gasteiger charge is 2.14. The summed E-state index contributed by atoms with van der Waals surface area (Å²) in [7, 11) is 0. The third-order valence-corrected chi connectivity index (χ3v) is 5.68. The Balaban J connectivity index is 1.55. The number of halogens is 2. The topological polar surface area (TPSA) is 67.8 Å². The summed E-state index contributed by atoms with van der Waals surface area (Å²) in [4.78, 5) is 16.8. The molecule has 0 unspecified atom stereocenters. The minimum Gasteiger partial charge on any atom is -0.324 e. The number of anilines is 1. The standard InChI is InChI=1S/C21H14Cl2N4OS/c22-14-8-9-18(17(23)10-14)26-19(28)11-29-21-20(24-12-25-27-21)16-7-3-5-13-4-1-2-6-15(13)16/h1-10,12H,11H2,(H,26,28). The number of hydrogen-bond donors (Lipinski definition) is 1. The van der Waals surface area contributed by atoms with Crippen molar-refractivity contribution < 1.29 is 4.79 Å². The van der Waals surface area contributed by atoms with Gasteiger partial charge in [-0.3, -0.25) is 4.79 Å². The molecule has 1 heterocycles. The number of nitrogens with one attached hydrogen (secondary N) is 1. The normalized spacial score (nSPS) is 10.8. The van der Waals surface area contributed by atoms with Gasteiger partial charge in [0.15, 0.2) is 0 Å². The highest BCUT2D eigenvalue weighted by atomic mass is 35.5. The number of rotatable bonds is 5. The molecule has 1 amide bonds. The van der Waals surface area contributed by atoms with E-state index >= 15 is 0 Å². The van der Waals surface area contributed by atoms with E-state index in [0.29, 0.717) is 26.5 Å². The summed E-state index contributed by atoms with van der Waals surface area (Å²) in [5, 5.41) is 14.5. The van der Waals surface area contributed by atoms with Gasteiger partial charge in [-0.2, -0.15) is 0 Å². The van der Waals surface area contributed by atoms with Crippen molar-refractivity contribution in [3.63, 3.8) is 0 Å². The molecule has 3 aromatic carbocycles. The summed E-state index contributed by atoms with van der Waals surface area (Å²) in [6.45, 7) is 0. The number of fused-ring (bicyclic) bond motifs is 1. The average Bonchev–Trinajstić information content (AvgIpc) is 2.74. The molecule has 0 atom stereocenters. The number of aromatic nitrogens is 3. The lowest BCUT2D eigenvalue weighted by atomic mass is 10.0. The number of amides is 1. The fraction of sp³-hybridized carbons (Fsp3) is 0.0476. The first kappa shape index (κ1) is 19.6. The second-order valence-corrected chi connectivity index (χ2v) is 7.91. The molecule has 4 rings (SSSR count). The number of nitrogens with zero attached hydrogens (tertiary/aromatic N) is 3. The lowest BCUT2D eigenvalue weighted by Crippen LogP contribution is -2.14. The van der Waals surface area contributed by atoms with Crippen molar-refractivity contribution in [1.29, 1.82) is 0 Å². The first-order chi connectivity index (χ1) is 14.1. The van der Waals surface area contributed by atoms with Gasteiger partial charge in [0, 0.05) is 10.6 Å². The molecular formula is C21H14Cl2N4OS. The van der Waals surface area contributed by atoms with Crippen molar-refractivity contribution in [2.24, 2.45) is 0 Å². The molecule has 5 nitrogen and oxygen atoms in total. The molecule has 0 bridgehead atoms. The first-order valence-electron chi connectivity index (χ1n) is 8.65. The van der Waals surface area contributed by atoms with Crippen LogP contribution in [0.25, 0.3) is 22.0 Å².